The summed E-state index contributed by atoms with van der Waals surface area (Å²) in [6.45, 7) is 8.03. The van der Waals surface area contributed by atoms with Gasteiger partial charge in [-0.1, -0.05) is 0 Å². The van der Waals surface area contributed by atoms with Crippen molar-refractivity contribution in [1.29, 1.82) is 0 Å². The topological polar surface area (TPSA) is 75.5 Å². The summed E-state index contributed by atoms with van der Waals surface area (Å²) in [6, 6.07) is 4.35. The first-order chi connectivity index (χ1) is 12.2. The predicted molar refractivity (Wildman–Crippen MR) is 97.4 cm³/mol. The fourth-order valence-corrected chi connectivity index (χ4v) is 3.17. The van der Waals surface area contributed by atoms with E-state index < -0.39 is 0 Å². The summed E-state index contributed by atoms with van der Waals surface area (Å²) in [6.07, 6.45) is 3.45. The van der Waals surface area contributed by atoms with E-state index in [2.05, 4.69) is 39.0 Å². The van der Waals surface area contributed by atoms with E-state index in [1.807, 2.05) is 18.3 Å². The number of pyridine rings is 1. The van der Waals surface area contributed by atoms with Gasteiger partial charge in [-0.3, -0.25) is 4.99 Å². The predicted octanol–water partition coefficient (Wildman–Crippen LogP) is 1.88. The van der Waals surface area contributed by atoms with E-state index in [0.717, 1.165) is 54.9 Å². The molecule has 0 radical (unpaired) electrons. The molecule has 0 saturated carbocycles. The molecule has 1 N–H and O–H groups in total. The van der Waals surface area contributed by atoms with Gasteiger partial charge in [0.15, 0.2) is 0 Å². The lowest BCUT2D eigenvalue weighted by molar-refractivity contribution is 0.122. The summed E-state index contributed by atoms with van der Waals surface area (Å²) in [5, 5.41) is 3.42. The number of rotatable bonds is 4. The molecule has 0 bridgehead atoms. The van der Waals surface area contributed by atoms with Crippen LogP contribution in [0.3, 0.4) is 0 Å². The largest absolute Gasteiger partial charge is 0.378 e. The molecule has 0 spiro atoms. The summed E-state index contributed by atoms with van der Waals surface area (Å²) in [5.74, 6) is 1.79. The zero-order chi connectivity index (χ0) is 17.2. The normalized spacial score (nSPS) is 16.8. The van der Waals surface area contributed by atoms with Gasteiger partial charge in [-0.15, -0.1) is 0 Å². The van der Waals surface area contributed by atoms with E-state index in [1.165, 1.54) is 5.56 Å². The van der Waals surface area contributed by atoms with Crippen LogP contribution in [0.5, 0.6) is 0 Å². The van der Waals surface area contributed by atoms with Crippen LogP contribution in [0, 0.1) is 0 Å². The molecule has 0 aliphatic carbocycles. The molecule has 7 nitrogen and oxygen atoms in total. The van der Waals surface area contributed by atoms with Gasteiger partial charge in [0, 0.05) is 37.0 Å². The standard InChI is InChI=1S/C18H22N6O/c1-12(2)23-18-16-13(3-4-19-18)10-20-17(16)14-9-15(22-11-21-14)24-5-7-25-8-6-24/h3-4,9,11-12H,5-8,10H2,1-2H3,(H,19,23). The fraction of sp³-hybridized carbons (Fsp3) is 0.444. The maximum atomic E-state index is 5.43. The van der Waals surface area contributed by atoms with Crippen LogP contribution in [0.25, 0.3) is 0 Å². The van der Waals surface area contributed by atoms with Crippen molar-refractivity contribution in [2.24, 2.45) is 4.99 Å². The summed E-state index contributed by atoms with van der Waals surface area (Å²) >= 11 is 0. The molecule has 1 fully saturated rings. The molecule has 130 valence electrons. The van der Waals surface area contributed by atoms with Crippen molar-refractivity contribution in [3.8, 4) is 0 Å². The molecule has 2 aliphatic heterocycles. The Morgan fingerprint density at radius 3 is 2.80 bits per heavy atom. The van der Waals surface area contributed by atoms with Gasteiger partial charge in [0.05, 0.1) is 31.2 Å². The van der Waals surface area contributed by atoms with E-state index in [9.17, 15) is 0 Å². The van der Waals surface area contributed by atoms with Crippen LogP contribution in [-0.2, 0) is 11.3 Å². The van der Waals surface area contributed by atoms with Crippen LogP contribution in [0.15, 0.2) is 29.6 Å². The first-order valence-electron chi connectivity index (χ1n) is 8.66. The van der Waals surface area contributed by atoms with Gasteiger partial charge in [0.2, 0.25) is 0 Å². The quantitative estimate of drug-likeness (QED) is 0.917. The molecular formula is C18H22N6O. The SMILES string of the molecule is CC(C)Nc1nccc2c1C(c1cc(N3CCOCC3)ncn1)=NC2. The van der Waals surface area contributed by atoms with E-state index in [4.69, 9.17) is 9.73 Å². The van der Waals surface area contributed by atoms with Crippen LogP contribution in [-0.4, -0.2) is 53.0 Å². The van der Waals surface area contributed by atoms with Crippen molar-refractivity contribution in [3.63, 3.8) is 0 Å². The second-order valence-corrected chi connectivity index (χ2v) is 6.52. The van der Waals surface area contributed by atoms with E-state index in [0.29, 0.717) is 12.6 Å². The van der Waals surface area contributed by atoms with E-state index in [-0.39, 0.29) is 0 Å². The summed E-state index contributed by atoms with van der Waals surface area (Å²) in [4.78, 5) is 20.4. The third-order valence-corrected chi connectivity index (χ3v) is 4.34. The lowest BCUT2D eigenvalue weighted by Crippen LogP contribution is -2.36. The van der Waals surface area contributed by atoms with Crippen molar-refractivity contribution < 1.29 is 4.74 Å². The molecule has 0 unspecified atom stereocenters. The summed E-state index contributed by atoms with van der Waals surface area (Å²) in [5.41, 5.74) is 3.97. The number of fused-ring (bicyclic) bond motifs is 1. The van der Waals surface area contributed by atoms with E-state index in [1.54, 1.807) is 6.33 Å². The minimum absolute atomic E-state index is 0.301. The molecule has 1 saturated heterocycles. The zero-order valence-electron chi connectivity index (χ0n) is 14.6. The third-order valence-electron chi connectivity index (χ3n) is 4.34. The number of ether oxygens (including phenoxy) is 1. The van der Waals surface area contributed by atoms with Gasteiger partial charge in [-0.2, -0.15) is 0 Å². The van der Waals surface area contributed by atoms with Crippen molar-refractivity contribution in [1.82, 2.24) is 15.0 Å². The smallest absolute Gasteiger partial charge is 0.136 e. The average Bonchev–Trinajstić information content (AvgIpc) is 3.07. The lowest BCUT2D eigenvalue weighted by atomic mass is 10.0. The second kappa shape index (κ2) is 6.76. The number of aromatic nitrogens is 3. The first-order valence-corrected chi connectivity index (χ1v) is 8.66. The molecule has 0 aromatic carbocycles. The van der Waals surface area contributed by atoms with Crippen molar-refractivity contribution in [2.75, 3.05) is 36.5 Å². The van der Waals surface area contributed by atoms with Crippen molar-refractivity contribution in [2.45, 2.75) is 26.4 Å². The Morgan fingerprint density at radius 2 is 2.00 bits per heavy atom. The van der Waals surface area contributed by atoms with Crippen LogP contribution < -0.4 is 10.2 Å². The molecule has 7 heteroatoms. The summed E-state index contributed by atoms with van der Waals surface area (Å²) in [7, 11) is 0. The Balaban J connectivity index is 1.69. The molecule has 0 amide bonds. The molecule has 4 rings (SSSR count). The van der Waals surface area contributed by atoms with Crippen LogP contribution >= 0.6 is 0 Å². The van der Waals surface area contributed by atoms with Gasteiger partial charge in [0.1, 0.15) is 18.0 Å². The number of hydrogen-bond acceptors (Lipinski definition) is 7. The Labute approximate surface area is 147 Å². The summed E-state index contributed by atoms with van der Waals surface area (Å²) < 4.78 is 5.43. The average molecular weight is 338 g/mol. The van der Waals surface area contributed by atoms with Gasteiger partial charge < -0.3 is 15.0 Å². The number of nitrogens with zero attached hydrogens (tertiary/aromatic N) is 5. The molecule has 0 atom stereocenters. The van der Waals surface area contributed by atoms with Gasteiger partial charge in [-0.05, 0) is 25.5 Å². The van der Waals surface area contributed by atoms with Crippen molar-refractivity contribution in [3.05, 3.63) is 41.5 Å². The number of hydrogen-bond donors (Lipinski definition) is 1. The minimum Gasteiger partial charge on any atom is -0.378 e. The molecule has 2 aromatic heterocycles. The van der Waals surface area contributed by atoms with E-state index >= 15 is 0 Å². The van der Waals surface area contributed by atoms with Crippen molar-refractivity contribution >= 4 is 17.3 Å². The molecule has 2 aliphatic rings. The minimum atomic E-state index is 0.301. The highest BCUT2D eigenvalue weighted by Gasteiger charge is 2.24. The Kier molecular flexibility index (Phi) is 4.31. The first kappa shape index (κ1) is 16.0. The molecule has 25 heavy (non-hydrogen) atoms. The highest BCUT2D eigenvalue weighted by molar-refractivity contribution is 6.17. The Morgan fingerprint density at radius 1 is 1.16 bits per heavy atom. The molecule has 2 aromatic rings. The highest BCUT2D eigenvalue weighted by atomic mass is 16.5. The molecule has 4 heterocycles. The third kappa shape index (κ3) is 3.19. The van der Waals surface area contributed by atoms with Gasteiger partial charge in [0.25, 0.3) is 0 Å². The maximum Gasteiger partial charge on any atom is 0.136 e. The van der Waals surface area contributed by atoms with Gasteiger partial charge in [-0.25, -0.2) is 15.0 Å². The number of nitrogens with one attached hydrogen (secondary N) is 1. The number of anilines is 2. The van der Waals surface area contributed by atoms with Crippen LogP contribution in [0.1, 0.15) is 30.7 Å². The lowest BCUT2D eigenvalue weighted by Gasteiger charge is -2.27. The van der Waals surface area contributed by atoms with Crippen LogP contribution in [0.4, 0.5) is 11.6 Å². The van der Waals surface area contributed by atoms with Crippen LogP contribution in [0.2, 0.25) is 0 Å². The Bertz CT molecular complexity index is 798. The zero-order valence-corrected chi connectivity index (χ0v) is 14.6. The molecular weight excluding hydrogens is 316 g/mol. The monoisotopic (exact) mass is 338 g/mol. The highest BCUT2D eigenvalue weighted by Crippen LogP contribution is 2.28. The fourth-order valence-electron chi connectivity index (χ4n) is 3.17. The second-order valence-electron chi connectivity index (χ2n) is 6.52. The Hall–Kier alpha value is -2.54. The van der Waals surface area contributed by atoms with Gasteiger partial charge >= 0.3 is 0 Å². The number of aliphatic imine (C=N–C) groups is 1. The maximum absolute atomic E-state index is 5.43. The number of morpholine rings is 1.